The first kappa shape index (κ1) is 34.3. The zero-order valence-corrected chi connectivity index (χ0v) is 26.4. The normalized spacial score (nSPS) is 22.2. The first-order valence-electron chi connectivity index (χ1n) is 16.9. The Kier molecular flexibility index (Phi) is 11.4. The summed E-state index contributed by atoms with van der Waals surface area (Å²) in [4.78, 5) is 0. The van der Waals surface area contributed by atoms with Gasteiger partial charge in [0, 0.05) is 11.6 Å². The maximum Gasteiger partial charge on any atom is 0.400 e. The fourth-order valence-corrected chi connectivity index (χ4v) is 7.43. The van der Waals surface area contributed by atoms with Crippen LogP contribution in [0.25, 0.3) is 11.1 Å². The molecule has 0 aromatic heterocycles. The fourth-order valence-electron chi connectivity index (χ4n) is 7.43. The number of halogens is 7. The Morgan fingerprint density at radius 2 is 1.30 bits per heavy atom. The molecule has 2 aliphatic rings. The first-order valence-corrected chi connectivity index (χ1v) is 16.9. The molecule has 0 radical (unpaired) electrons. The molecule has 0 saturated heterocycles. The highest BCUT2D eigenvalue weighted by atomic mass is 19.3. The molecule has 2 aliphatic carbocycles. The highest BCUT2D eigenvalue weighted by Gasteiger charge is 2.44. The summed E-state index contributed by atoms with van der Waals surface area (Å²) in [6.45, 7) is 2.23. The van der Waals surface area contributed by atoms with Crippen molar-refractivity contribution < 1.29 is 35.5 Å². The zero-order valence-electron chi connectivity index (χ0n) is 26.4. The molecule has 5 rings (SSSR count). The maximum atomic E-state index is 15.3. The largest absolute Gasteiger partial charge is 0.432 e. The molecule has 0 amide bonds. The third kappa shape index (κ3) is 8.27. The number of hydrogen-bond donors (Lipinski definition) is 0. The first-order chi connectivity index (χ1) is 22.1. The van der Waals surface area contributed by atoms with E-state index in [0.717, 1.165) is 36.5 Å². The van der Waals surface area contributed by atoms with Crippen LogP contribution in [-0.4, -0.2) is 6.11 Å². The monoisotopic (exact) mass is 648 g/mol. The van der Waals surface area contributed by atoms with Crippen molar-refractivity contribution in [1.82, 2.24) is 0 Å². The lowest BCUT2D eigenvalue weighted by molar-refractivity contribution is -0.222. The summed E-state index contributed by atoms with van der Waals surface area (Å²) in [6.07, 6.45) is 9.68. The molecule has 250 valence electrons. The van der Waals surface area contributed by atoms with E-state index in [4.69, 9.17) is 4.74 Å². The number of unbranched alkanes of at least 4 members (excludes halogenated alkanes) is 4. The molecule has 46 heavy (non-hydrogen) atoms. The average Bonchev–Trinajstić information content (AvgIpc) is 3.03. The lowest BCUT2D eigenvalue weighted by Gasteiger charge is -2.34. The van der Waals surface area contributed by atoms with Gasteiger partial charge in [0.05, 0.1) is 5.92 Å². The summed E-state index contributed by atoms with van der Waals surface area (Å²) < 4.78 is 106. The van der Waals surface area contributed by atoms with Gasteiger partial charge in [-0.15, -0.1) is 0 Å². The van der Waals surface area contributed by atoms with Crippen LogP contribution in [0, 0.1) is 40.9 Å². The van der Waals surface area contributed by atoms with Gasteiger partial charge in [0.15, 0.2) is 17.5 Å². The summed E-state index contributed by atoms with van der Waals surface area (Å²) >= 11 is 0. The van der Waals surface area contributed by atoms with Crippen molar-refractivity contribution in [3.05, 3.63) is 88.7 Å². The smallest absolute Gasteiger partial charge is 0.400 e. The summed E-state index contributed by atoms with van der Waals surface area (Å²) in [7, 11) is 0. The van der Waals surface area contributed by atoms with E-state index in [9.17, 15) is 17.6 Å². The van der Waals surface area contributed by atoms with Crippen molar-refractivity contribution in [3.8, 4) is 16.9 Å². The molecule has 1 nitrogen and oxygen atoms in total. The Hall–Kier alpha value is -3.03. The quantitative estimate of drug-likeness (QED) is 0.108. The Morgan fingerprint density at radius 1 is 0.652 bits per heavy atom. The summed E-state index contributed by atoms with van der Waals surface area (Å²) in [5.74, 6) is -6.60. The van der Waals surface area contributed by atoms with Gasteiger partial charge in [-0.25, -0.2) is 22.0 Å². The number of benzene rings is 3. The van der Waals surface area contributed by atoms with Gasteiger partial charge in [-0.3, -0.25) is 0 Å². The van der Waals surface area contributed by atoms with E-state index in [1.54, 1.807) is 6.07 Å². The van der Waals surface area contributed by atoms with E-state index < -0.39 is 41.0 Å². The summed E-state index contributed by atoms with van der Waals surface area (Å²) in [5.41, 5.74) is 1.03. The number of ether oxygens (including phenoxy) is 1. The second kappa shape index (κ2) is 15.2. The topological polar surface area (TPSA) is 9.23 Å². The van der Waals surface area contributed by atoms with Crippen LogP contribution in [0.2, 0.25) is 0 Å². The predicted octanol–water partition coefficient (Wildman–Crippen LogP) is 12.6. The van der Waals surface area contributed by atoms with Crippen LogP contribution in [0.3, 0.4) is 0 Å². The Balaban J connectivity index is 1.13. The van der Waals surface area contributed by atoms with Gasteiger partial charge in [0.2, 0.25) is 0 Å². The van der Waals surface area contributed by atoms with Crippen molar-refractivity contribution in [3.63, 3.8) is 0 Å². The molecule has 0 unspecified atom stereocenters. The third-order valence-corrected chi connectivity index (χ3v) is 10.2. The van der Waals surface area contributed by atoms with E-state index in [1.165, 1.54) is 51.4 Å². The van der Waals surface area contributed by atoms with Gasteiger partial charge in [-0.05, 0) is 116 Å². The molecule has 3 aromatic carbocycles. The van der Waals surface area contributed by atoms with E-state index in [2.05, 4.69) is 6.92 Å². The van der Waals surface area contributed by atoms with E-state index >= 15 is 13.2 Å². The van der Waals surface area contributed by atoms with Gasteiger partial charge >= 0.3 is 6.11 Å². The van der Waals surface area contributed by atoms with Crippen LogP contribution in [0.5, 0.6) is 5.75 Å². The number of hydrogen-bond acceptors (Lipinski definition) is 1. The van der Waals surface area contributed by atoms with Crippen molar-refractivity contribution in [2.45, 2.75) is 115 Å². The van der Waals surface area contributed by atoms with E-state index in [0.29, 0.717) is 42.5 Å². The SMILES string of the molecule is CCCCCCCC1CCC(c2ccc(C3CCC(C(F)(F)Oc4ccc(-c5cc(F)c(F)c(F)c5)c(F)c4)CC3)c(F)c2)CC1. The van der Waals surface area contributed by atoms with Gasteiger partial charge < -0.3 is 4.74 Å². The molecule has 3 aromatic rings. The number of rotatable bonds is 12. The van der Waals surface area contributed by atoms with Gasteiger partial charge in [0.25, 0.3) is 0 Å². The van der Waals surface area contributed by atoms with Crippen LogP contribution >= 0.6 is 0 Å². The molecule has 0 bridgehead atoms. The lowest BCUT2D eigenvalue weighted by atomic mass is 9.75. The molecule has 2 saturated carbocycles. The molecule has 8 heteroatoms. The van der Waals surface area contributed by atoms with E-state index in [1.807, 2.05) is 12.1 Å². The molecular weight excluding hydrogens is 605 g/mol. The molecule has 0 N–H and O–H groups in total. The summed E-state index contributed by atoms with van der Waals surface area (Å²) in [6, 6.07) is 9.62. The minimum absolute atomic E-state index is 0.107. The standard InChI is InChI=1S/C38H43F7O/c1-2-3-4-5-6-7-24-8-10-25(11-9-24)27-14-18-31(33(39)20-27)26-12-15-29(16-13-26)38(44,45)46-30-17-19-32(34(40)23-30)28-21-35(41)37(43)36(42)22-28/h14,17-26,29H,2-13,15-16H2,1H3. The van der Waals surface area contributed by atoms with Gasteiger partial charge in [-0.1, -0.05) is 57.6 Å². The van der Waals surface area contributed by atoms with Crippen molar-refractivity contribution in [2.24, 2.45) is 11.8 Å². The van der Waals surface area contributed by atoms with Crippen LogP contribution < -0.4 is 4.74 Å². The highest BCUT2D eigenvalue weighted by molar-refractivity contribution is 5.65. The van der Waals surface area contributed by atoms with Crippen LogP contribution in [0.15, 0.2) is 48.5 Å². The Morgan fingerprint density at radius 3 is 1.93 bits per heavy atom. The highest BCUT2D eigenvalue weighted by Crippen LogP contribution is 2.45. The predicted molar refractivity (Wildman–Crippen MR) is 166 cm³/mol. The lowest BCUT2D eigenvalue weighted by Crippen LogP contribution is -2.37. The van der Waals surface area contributed by atoms with Gasteiger partial charge in [-0.2, -0.15) is 8.78 Å². The molecule has 0 atom stereocenters. The zero-order chi connectivity index (χ0) is 32.8. The number of alkyl halides is 2. The van der Waals surface area contributed by atoms with Crippen molar-refractivity contribution in [2.75, 3.05) is 0 Å². The van der Waals surface area contributed by atoms with Crippen LogP contribution in [0.4, 0.5) is 30.7 Å². The average molecular weight is 649 g/mol. The van der Waals surface area contributed by atoms with Crippen LogP contribution in [0.1, 0.15) is 120 Å². The molecular formula is C38H43F7O. The Bertz CT molecular complexity index is 1430. The third-order valence-electron chi connectivity index (χ3n) is 10.2. The van der Waals surface area contributed by atoms with Gasteiger partial charge in [0.1, 0.15) is 17.4 Å². The maximum absolute atomic E-state index is 15.3. The molecule has 0 aliphatic heterocycles. The second-order valence-corrected chi connectivity index (χ2v) is 13.3. The minimum atomic E-state index is -3.61. The second-order valence-electron chi connectivity index (χ2n) is 13.3. The Labute approximate surface area is 267 Å². The van der Waals surface area contributed by atoms with Crippen LogP contribution in [-0.2, 0) is 0 Å². The summed E-state index contributed by atoms with van der Waals surface area (Å²) in [5, 5.41) is 0. The minimum Gasteiger partial charge on any atom is -0.432 e. The van der Waals surface area contributed by atoms with E-state index in [-0.39, 0.29) is 35.7 Å². The van der Waals surface area contributed by atoms with Crippen molar-refractivity contribution in [1.29, 1.82) is 0 Å². The van der Waals surface area contributed by atoms with Crippen molar-refractivity contribution >= 4 is 0 Å². The molecule has 0 heterocycles. The molecule has 0 spiro atoms. The molecule has 2 fully saturated rings. The fraction of sp³-hybridized carbons (Fsp3) is 0.526.